The fraction of sp³-hybridized carbons (Fsp3) is 0.750. The number of nitrogens with two attached hydrogens (primary N) is 1. The predicted octanol–water partition coefficient (Wildman–Crippen LogP) is 1.03. The fourth-order valence-electron chi connectivity index (χ4n) is 1.67. The van der Waals surface area contributed by atoms with Crippen LogP contribution in [0.3, 0.4) is 0 Å². The molecule has 0 saturated heterocycles. The van der Waals surface area contributed by atoms with Crippen LogP contribution < -0.4 is 11.1 Å². The molecule has 4 N–H and O–H groups in total. The Bertz CT molecular complexity index is 386. The lowest BCUT2D eigenvalue weighted by Crippen LogP contribution is -2.41. The highest BCUT2D eigenvalue weighted by Crippen LogP contribution is 2.08. The van der Waals surface area contributed by atoms with Crippen molar-refractivity contribution < 1.29 is 4.79 Å². The number of nitrogens with zero attached hydrogens (tertiary/aromatic N) is 2. The van der Waals surface area contributed by atoms with Crippen molar-refractivity contribution in [2.45, 2.75) is 46.1 Å². The molecule has 0 fully saturated rings. The van der Waals surface area contributed by atoms with Crippen LogP contribution in [0.1, 0.15) is 56.5 Å². The summed E-state index contributed by atoms with van der Waals surface area (Å²) in [7, 11) is 0. The SMILES string of the molecule is CC(C)CC(CN)NC(=O)c1n[nH]c(C(C)C)n1. The van der Waals surface area contributed by atoms with Crippen LogP contribution in [0.15, 0.2) is 0 Å². The minimum Gasteiger partial charge on any atom is -0.345 e. The normalized spacial score (nSPS) is 13.1. The topological polar surface area (TPSA) is 96.7 Å². The number of aromatic nitrogens is 3. The highest BCUT2D eigenvalue weighted by atomic mass is 16.2. The maximum absolute atomic E-state index is 11.9. The zero-order valence-electron chi connectivity index (χ0n) is 11.5. The number of carbonyl (C=O) groups excluding carboxylic acids is 1. The second-order valence-electron chi connectivity index (χ2n) is 5.23. The first kappa shape index (κ1) is 14.6. The molecule has 0 radical (unpaired) electrons. The van der Waals surface area contributed by atoms with E-state index in [1.807, 2.05) is 13.8 Å². The molecule has 1 heterocycles. The lowest BCUT2D eigenvalue weighted by atomic mass is 10.0. The van der Waals surface area contributed by atoms with E-state index in [-0.39, 0.29) is 23.7 Å². The molecule has 1 rings (SSSR count). The molecule has 18 heavy (non-hydrogen) atoms. The summed E-state index contributed by atoms with van der Waals surface area (Å²) in [6.07, 6.45) is 0.851. The third kappa shape index (κ3) is 4.10. The van der Waals surface area contributed by atoms with E-state index in [2.05, 4.69) is 34.3 Å². The van der Waals surface area contributed by atoms with Gasteiger partial charge in [-0.2, -0.15) is 0 Å². The Labute approximate surface area is 108 Å². The molecule has 1 amide bonds. The van der Waals surface area contributed by atoms with Crippen LogP contribution in [0.4, 0.5) is 0 Å². The molecule has 0 aliphatic carbocycles. The maximum atomic E-state index is 11.9. The standard InChI is InChI=1S/C12H23N5O/c1-7(2)5-9(6-13)14-12(18)11-15-10(8(3)4)16-17-11/h7-9H,5-6,13H2,1-4H3,(H,14,18)(H,15,16,17). The Hall–Kier alpha value is -1.43. The minimum atomic E-state index is -0.269. The molecule has 6 heteroatoms. The maximum Gasteiger partial charge on any atom is 0.291 e. The third-order valence-electron chi connectivity index (χ3n) is 2.63. The van der Waals surface area contributed by atoms with Gasteiger partial charge in [0.05, 0.1) is 0 Å². The molecule has 0 spiro atoms. The van der Waals surface area contributed by atoms with Gasteiger partial charge < -0.3 is 11.1 Å². The van der Waals surface area contributed by atoms with Gasteiger partial charge in [-0.25, -0.2) is 4.98 Å². The van der Waals surface area contributed by atoms with Crippen LogP contribution in [0.5, 0.6) is 0 Å². The molecule has 102 valence electrons. The van der Waals surface area contributed by atoms with Crippen molar-refractivity contribution in [3.05, 3.63) is 11.6 Å². The van der Waals surface area contributed by atoms with Crippen LogP contribution in [0.25, 0.3) is 0 Å². The molecule has 1 unspecified atom stereocenters. The molecule has 1 aromatic heterocycles. The van der Waals surface area contributed by atoms with E-state index in [0.717, 1.165) is 6.42 Å². The van der Waals surface area contributed by atoms with Crippen molar-refractivity contribution in [2.24, 2.45) is 11.7 Å². The van der Waals surface area contributed by atoms with E-state index in [4.69, 9.17) is 5.73 Å². The van der Waals surface area contributed by atoms with Gasteiger partial charge in [0, 0.05) is 18.5 Å². The van der Waals surface area contributed by atoms with Crippen molar-refractivity contribution in [2.75, 3.05) is 6.54 Å². The predicted molar refractivity (Wildman–Crippen MR) is 70.2 cm³/mol. The number of carbonyl (C=O) groups is 1. The number of hydrogen-bond donors (Lipinski definition) is 3. The summed E-state index contributed by atoms with van der Waals surface area (Å²) in [6.45, 7) is 8.59. The van der Waals surface area contributed by atoms with E-state index in [0.29, 0.717) is 18.3 Å². The summed E-state index contributed by atoms with van der Waals surface area (Å²) in [5.41, 5.74) is 5.64. The van der Waals surface area contributed by atoms with E-state index in [9.17, 15) is 4.79 Å². The molecule has 0 bridgehead atoms. The van der Waals surface area contributed by atoms with Crippen LogP contribution in [0.2, 0.25) is 0 Å². The summed E-state index contributed by atoms with van der Waals surface area (Å²) >= 11 is 0. The number of nitrogens with one attached hydrogen (secondary N) is 2. The summed E-state index contributed by atoms with van der Waals surface area (Å²) in [4.78, 5) is 16.1. The summed E-state index contributed by atoms with van der Waals surface area (Å²) in [5.74, 6) is 1.33. The summed E-state index contributed by atoms with van der Waals surface area (Å²) in [6, 6.07) is -0.0292. The van der Waals surface area contributed by atoms with Gasteiger partial charge in [0.2, 0.25) is 5.82 Å². The lowest BCUT2D eigenvalue weighted by molar-refractivity contribution is 0.0923. The molecule has 0 aliphatic rings. The Balaban J connectivity index is 2.62. The van der Waals surface area contributed by atoms with E-state index in [1.54, 1.807) is 0 Å². The highest BCUT2D eigenvalue weighted by molar-refractivity contribution is 5.90. The van der Waals surface area contributed by atoms with E-state index < -0.39 is 0 Å². The first-order chi connectivity index (χ1) is 8.43. The second-order valence-corrected chi connectivity index (χ2v) is 5.23. The molecule has 0 saturated carbocycles. The molecule has 6 nitrogen and oxygen atoms in total. The van der Waals surface area contributed by atoms with Crippen LogP contribution >= 0.6 is 0 Å². The zero-order valence-corrected chi connectivity index (χ0v) is 11.5. The third-order valence-corrected chi connectivity index (χ3v) is 2.63. The van der Waals surface area contributed by atoms with E-state index in [1.165, 1.54) is 0 Å². The molecule has 1 aromatic rings. The van der Waals surface area contributed by atoms with Crippen LogP contribution in [0, 0.1) is 5.92 Å². The van der Waals surface area contributed by atoms with Crippen molar-refractivity contribution in [3.8, 4) is 0 Å². The molecular weight excluding hydrogens is 230 g/mol. The Morgan fingerprint density at radius 2 is 2.06 bits per heavy atom. The molecule has 0 aromatic carbocycles. The van der Waals surface area contributed by atoms with Gasteiger partial charge in [-0.3, -0.25) is 9.89 Å². The Morgan fingerprint density at radius 1 is 1.39 bits per heavy atom. The number of H-pyrrole nitrogens is 1. The Morgan fingerprint density at radius 3 is 2.50 bits per heavy atom. The lowest BCUT2D eigenvalue weighted by Gasteiger charge is -2.17. The van der Waals surface area contributed by atoms with Gasteiger partial charge in [0.1, 0.15) is 5.82 Å². The van der Waals surface area contributed by atoms with E-state index >= 15 is 0 Å². The average Bonchev–Trinajstić information content (AvgIpc) is 2.76. The van der Waals surface area contributed by atoms with Crippen LogP contribution in [-0.4, -0.2) is 33.7 Å². The highest BCUT2D eigenvalue weighted by Gasteiger charge is 2.18. The quantitative estimate of drug-likeness (QED) is 0.705. The average molecular weight is 253 g/mol. The van der Waals surface area contributed by atoms with Crippen molar-refractivity contribution in [3.63, 3.8) is 0 Å². The number of rotatable bonds is 6. The molecule has 1 atom stereocenters. The zero-order chi connectivity index (χ0) is 13.7. The molecular formula is C12H23N5O. The smallest absolute Gasteiger partial charge is 0.291 e. The first-order valence-corrected chi connectivity index (χ1v) is 6.37. The van der Waals surface area contributed by atoms with Crippen LogP contribution in [-0.2, 0) is 0 Å². The largest absolute Gasteiger partial charge is 0.345 e. The van der Waals surface area contributed by atoms with Crippen molar-refractivity contribution in [1.82, 2.24) is 20.5 Å². The number of amides is 1. The fourth-order valence-corrected chi connectivity index (χ4v) is 1.67. The molecule has 0 aliphatic heterocycles. The summed E-state index contributed by atoms with van der Waals surface area (Å²) in [5, 5.41) is 9.54. The first-order valence-electron chi connectivity index (χ1n) is 6.37. The van der Waals surface area contributed by atoms with Crippen molar-refractivity contribution >= 4 is 5.91 Å². The number of hydrogen-bond acceptors (Lipinski definition) is 4. The van der Waals surface area contributed by atoms with Gasteiger partial charge in [0.15, 0.2) is 0 Å². The summed E-state index contributed by atoms with van der Waals surface area (Å²) < 4.78 is 0. The van der Waals surface area contributed by atoms with Gasteiger partial charge in [-0.15, -0.1) is 5.10 Å². The van der Waals surface area contributed by atoms with Gasteiger partial charge >= 0.3 is 0 Å². The second kappa shape index (κ2) is 6.49. The van der Waals surface area contributed by atoms with Crippen molar-refractivity contribution in [1.29, 1.82) is 0 Å². The number of aromatic amines is 1. The van der Waals surface area contributed by atoms with Gasteiger partial charge in [-0.1, -0.05) is 27.7 Å². The van der Waals surface area contributed by atoms with Gasteiger partial charge in [-0.05, 0) is 12.3 Å². The Kier molecular flexibility index (Phi) is 5.27. The van der Waals surface area contributed by atoms with Gasteiger partial charge in [0.25, 0.3) is 5.91 Å². The minimum absolute atomic E-state index is 0.0292. The monoisotopic (exact) mass is 253 g/mol.